The molecule has 0 spiro atoms. The van der Waals surface area contributed by atoms with Crippen LogP contribution >= 0.6 is 0 Å². The maximum atomic E-state index is 14.4. The summed E-state index contributed by atoms with van der Waals surface area (Å²) in [7, 11) is -23.0. The molecule has 0 fully saturated rings. The van der Waals surface area contributed by atoms with Gasteiger partial charge in [0.15, 0.2) is 0 Å². The molecule has 2 aliphatic heterocycles. The predicted molar refractivity (Wildman–Crippen MR) is 231 cm³/mol. The molecule has 9 rings (SSSR count). The number of rotatable bonds is 8. The molecule has 8 bridgehead atoms. The fraction of sp³-hybridized carbons (Fsp3) is 0. The predicted octanol–water partition coefficient (Wildman–Crippen LogP) is 6.48. The molecule has 2 radical (unpaired) electrons. The van der Waals surface area contributed by atoms with E-state index in [1.807, 2.05) is 0 Å². The molecular formula is C44H26Cu2N4O12S4. The quantitative estimate of drug-likeness (QED) is 0.126. The van der Waals surface area contributed by atoms with Gasteiger partial charge in [-0.1, -0.05) is 109 Å². The summed E-state index contributed by atoms with van der Waals surface area (Å²) in [4.78, 5) is 6.62. The number of nitrogens with zero attached hydrogens (tertiary/aromatic N) is 3. The first-order chi connectivity index (χ1) is 30.3. The first-order valence-corrected chi connectivity index (χ1v) is 24.3. The number of H-pyrrole nitrogens is 1. The van der Waals surface area contributed by atoms with E-state index in [1.165, 1.54) is 60.7 Å². The van der Waals surface area contributed by atoms with Crippen LogP contribution in [-0.2, 0) is 74.6 Å². The summed E-state index contributed by atoms with van der Waals surface area (Å²) in [6.45, 7) is 0. The Kier molecular flexibility index (Phi) is 12.9. The van der Waals surface area contributed by atoms with Crippen LogP contribution in [0, 0.1) is 0 Å². The molecule has 0 saturated carbocycles. The third kappa shape index (κ3) is 8.66. The van der Waals surface area contributed by atoms with Crippen molar-refractivity contribution in [2.45, 2.75) is 19.6 Å². The van der Waals surface area contributed by atoms with E-state index < -0.39 is 105 Å². The van der Waals surface area contributed by atoms with E-state index in [-0.39, 0.29) is 73.2 Å². The standard InChI is InChI=1S/C44H30N4O12S4.2Cu/c49-61(50,51)41-31-21-22-33(45-31)42(62(52,53)54)35-25-30(26-13-5-1-6-14-26)38(47-35)44(64(58,59)60)40-37(28-17-9-3-10-18-28)36(27-15-7-2-8-16-27)39(48(40)29-19-11-4-12-20-29)43(63(55,56)57)34-24-23-32(41)46-34;;/h1-25,45H,(H,49,50,51)(H,52,53,54)(H,55,56,57)(H,58,59,60);;/q;2*+2/p-4. The molecule has 0 amide bonds. The maximum Gasteiger partial charge on any atom is 2.00 e. The van der Waals surface area contributed by atoms with Gasteiger partial charge < -0.3 is 27.8 Å². The molecule has 2 aliphatic rings. The van der Waals surface area contributed by atoms with Crippen LogP contribution in [0.5, 0.6) is 0 Å². The van der Waals surface area contributed by atoms with Gasteiger partial charge in [-0.15, -0.1) is 0 Å². The number of fused-ring (bicyclic) bond motifs is 8. The maximum absolute atomic E-state index is 14.4. The van der Waals surface area contributed by atoms with Crippen LogP contribution < -0.4 is 0 Å². The van der Waals surface area contributed by atoms with Crippen molar-refractivity contribution < 1.29 is 86.0 Å². The summed E-state index contributed by atoms with van der Waals surface area (Å²) in [5.74, 6) is 0. The number of hydrogen-bond acceptors (Lipinski definition) is 14. The summed E-state index contributed by atoms with van der Waals surface area (Å²) < 4.78 is 166. The minimum atomic E-state index is -5.90. The van der Waals surface area contributed by atoms with Crippen molar-refractivity contribution in [1.29, 1.82) is 0 Å². The second kappa shape index (κ2) is 17.8. The summed E-state index contributed by atoms with van der Waals surface area (Å²) in [5, 5.41) is 0. The molecule has 5 heterocycles. The van der Waals surface area contributed by atoms with Gasteiger partial charge in [-0.2, -0.15) is 0 Å². The Morgan fingerprint density at radius 3 is 1.24 bits per heavy atom. The van der Waals surface area contributed by atoms with Crippen LogP contribution in [-0.4, -0.2) is 71.4 Å². The van der Waals surface area contributed by atoms with Gasteiger partial charge in [-0.05, 0) is 59.2 Å². The average molecular weight is 1060 g/mol. The first-order valence-electron chi connectivity index (χ1n) is 18.7. The van der Waals surface area contributed by atoms with Crippen molar-refractivity contribution in [3.63, 3.8) is 0 Å². The molecule has 0 unspecified atom stereocenters. The summed E-state index contributed by atoms with van der Waals surface area (Å²) in [6, 6.07) is 32.8. The Bertz CT molecular complexity index is 3810. The third-order valence-electron chi connectivity index (χ3n) is 10.3. The second-order valence-corrected chi connectivity index (χ2v) is 19.5. The van der Waals surface area contributed by atoms with Crippen LogP contribution in [0.25, 0.3) is 73.8 Å². The molecule has 0 saturated heterocycles. The number of benzene rings is 4. The minimum Gasteiger partial charge on any atom is -0.744 e. The number of nitrogens with one attached hydrogen (secondary N) is 1. The molecule has 66 heavy (non-hydrogen) atoms. The normalized spacial score (nSPS) is 12.8. The van der Waals surface area contributed by atoms with Gasteiger partial charge in [0.2, 0.25) is 0 Å². The topological polar surface area (TPSA) is 275 Å². The van der Waals surface area contributed by atoms with Crippen LogP contribution in [0.15, 0.2) is 153 Å². The molecule has 340 valence electrons. The Balaban J connectivity index is 0.00000324. The van der Waals surface area contributed by atoms with E-state index in [0.717, 1.165) is 34.9 Å². The van der Waals surface area contributed by atoms with E-state index in [1.54, 1.807) is 60.7 Å². The molecule has 0 atom stereocenters. The monoisotopic (exact) mass is 1060 g/mol. The van der Waals surface area contributed by atoms with Crippen LogP contribution in [0.3, 0.4) is 0 Å². The van der Waals surface area contributed by atoms with Gasteiger partial charge in [0.1, 0.15) is 60.1 Å². The van der Waals surface area contributed by atoms with E-state index >= 15 is 0 Å². The number of hydrogen-bond donors (Lipinski definition) is 1. The van der Waals surface area contributed by atoms with Gasteiger partial charge >= 0.3 is 34.1 Å². The summed E-state index contributed by atoms with van der Waals surface area (Å²) in [6.07, 6.45) is 2.95. The van der Waals surface area contributed by atoms with E-state index in [2.05, 4.69) is 15.0 Å². The average Bonchev–Trinajstić information content (AvgIpc) is 4.05. The Labute approximate surface area is 398 Å². The Morgan fingerprint density at radius 1 is 0.424 bits per heavy atom. The van der Waals surface area contributed by atoms with Crippen molar-refractivity contribution in [2.75, 3.05) is 0 Å². The zero-order valence-electron chi connectivity index (χ0n) is 32.9. The van der Waals surface area contributed by atoms with E-state index in [4.69, 9.17) is 0 Å². The zero-order chi connectivity index (χ0) is 45.3. The van der Waals surface area contributed by atoms with Crippen molar-refractivity contribution in [3.05, 3.63) is 162 Å². The van der Waals surface area contributed by atoms with Gasteiger partial charge in [0.25, 0.3) is 0 Å². The van der Waals surface area contributed by atoms with E-state index in [9.17, 15) is 51.9 Å². The zero-order valence-corrected chi connectivity index (χ0v) is 38.1. The second-order valence-electron chi connectivity index (χ2n) is 14.3. The van der Waals surface area contributed by atoms with Gasteiger partial charge in [-0.25, -0.2) is 43.6 Å². The largest absolute Gasteiger partial charge is 2.00 e. The van der Waals surface area contributed by atoms with Crippen molar-refractivity contribution in [1.82, 2.24) is 19.5 Å². The number of aromatic nitrogens is 4. The molecule has 1 N–H and O–H groups in total. The van der Waals surface area contributed by atoms with Gasteiger partial charge in [0, 0.05) is 22.4 Å². The van der Waals surface area contributed by atoms with Crippen LogP contribution in [0.1, 0.15) is 28.3 Å². The fourth-order valence-corrected chi connectivity index (χ4v) is 11.1. The van der Waals surface area contributed by atoms with E-state index in [0.29, 0.717) is 0 Å². The molecule has 3 aromatic heterocycles. The number of aromatic amines is 1. The smallest absolute Gasteiger partial charge is 0.744 e. The van der Waals surface area contributed by atoms with Gasteiger partial charge in [-0.3, -0.25) is 0 Å². The van der Waals surface area contributed by atoms with Crippen molar-refractivity contribution in [3.8, 4) is 27.9 Å². The SMILES string of the molecule is O=S(=O)([O-])c1c2nc(c(S(=O)(=O)[O-])c3c(-c4ccccc4)c(-c4ccccc4)c(c(S(=O)(=O)[O-])c4nc(c(S(=O)(=O)[O-])c5ccc1[nH]5)C=C4c1ccccc1)n3-c1ccccc1)C=C2.[Cu+2].[Cu+2]. The fourth-order valence-electron chi connectivity index (χ4n) is 7.95. The first kappa shape index (κ1) is 48.1. The van der Waals surface area contributed by atoms with Gasteiger partial charge in [0.05, 0.1) is 44.8 Å². The third-order valence-corrected chi connectivity index (χ3v) is 14.0. The molecule has 22 heteroatoms. The van der Waals surface area contributed by atoms with Crippen LogP contribution in [0.2, 0.25) is 0 Å². The minimum absolute atomic E-state index is 0. The summed E-state index contributed by atoms with van der Waals surface area (Å²) >= 11 is 0. The molecule has 0 aliphatic carbocycles. The summed E-state index contributed by atoms with van der Waals surface area (Å²) in [5.41, 5.74) is -5.06. The van der Waals surface area contributed by atoms with Crippen LogP contribution in [0.4, 0.5) is 0 Å². The number of para-hydroxylation sites is 1. The molecular weight excluding hydrogens is 1030 g/mol. The van der Waals surface area contributed by atoms with Crippen molar-refractivity contribution >= 4 is 86.3 Å². The Hall–Kier alpha value is -5.84. The Morgan fingerprint density at radius 2 is 0.803 bits per heavy atom. The molecule has 7 aromatic rings. The molecule has 16 nitrogen and oxygen atoms in total. The van der Waals surface area contributed by atoms with Crippen molar-refractivity contribution in [2.24, 2.45) is 0 Å². The molecule has 4 aromatic carbocycles.